The molecule has 0 aromatic carbocycles. The van der Waals surface area contributed by atoms with Crippen molar-refractivity contribution in [3.05, 3.63) is 0 Å². The summed E-state index contributed by atoms with van der Waals surface area (Å²) in [6, 6.07) is 2.32. The largest absolute Gasteiger partial charge is 0.378 e. The van der Waals surface area contributed by atoms with E-state index in [4.69, 9.17) is 10.00 Å². The zero-order chi connectivity index (χ0) is 13.7. The molecular weight excluding hydrogens is 242 g/mol. The second-order valence-corrected chi connectivity index (χ2v) is 5.31. The molecule has 2 fully saturated rings. The van der Waals surface area contributed by atoms with Gasteiger partial charge in [0.15, 0.2) is 0 Å². The van der Waals surface area contributed by atoms with Crippen LogP contribution in [-0.2, 0) is 9.53 Å². The molecule has 2 rings (SSSR count). The van der Waals surface area contributed by atoms with Crippen molar-refractivity contribution in [2.75, 3.05) is 32.8 Å². The van der Waals surface area contributed by atoms with Gasteiger partial charge in [0.1, 0.15) is 0 Å². The number of nitrogens with zero attached hydrogens (tertiary/aromatic N) is 3. The van der Waals surface area contributed by atoms with Crippen LogP contribution in [0.4, 0.5) is 0 Å². The third-order valence-corrected chi connectivity index (χ3v) is 4.07. The molecule has 2 aliphatic rings. The number of carbonyl (C=O) groups is 1. The maximum atomic E-state index is 12.1. The van der Waals surface area contributed by atoms with Crippen LogP contribution in [0.25, 0.3) is 0 Å². The minimum absolute atomic E-state index is 0.00424. The molecule has 0 N–H and O–H groups in total. The zero-order valence-corrected chi connectivity index (χ0v) is 11.7. The number of hydrogen-bond donors (Lipinski definition) is 0. The Hall–Kier alpha value is -1.12. The minimum Gasteiger partial charge on any atom is -0.378 e. The van der Waals surface area contributed by atoms with Gasteiger partial charge in [0, 0.05) is 32.8 Å². The highest BCUT2D eigenvalue weighted by Gasteiger charge is 2.27. The molecule has 1 amide bonds. The van der Waals surface area contributed by atoms with Gasteiger partial charge in [-0.3, -0.25) is 9.69 Å². The summed E-state index contributed by atoms with van der Waals surface area (Å²) in [6.45, 7) is 5.93. The molecule has 0 aliphatic carbocycles. The van der Waals surface area contributed by atoms with Gasteiger partial charge in [-0.15, -0.1) is 0 Å². The number of piperazine rings is 1. The van der Waals surface area contributed by atoms with Crippen molar-refractivity contribution in [3.63, 3.8) is 0 Å². The lowest BCUT2D eigenvalue weighted by Crippen LogP contribution is -2.51. The standard InChI is InChI=1S/C14H23N3O2/c1-2-12(11-15)16-5-7-17(8-6-16)14(18)10-13-4-3-9-19-13/h12-13H,2-10H2,1H3. The molecule has 0 saturated carbocycles. The summed E-state index contributed by atoms with van der Waals surface area (Å²) in [5.41, 5.74) is 0. The van der Waals surface area contributed by atoms with Crippen molar-refractivity contribution < 1.29 is 9.53 Å². The predicted molar refractivity (Wildman–Crippen MR) is 71.4 cm³/mol. The topological polar surface area (TPSA) is 56.6 Å². The van der Waals surface area contributed by atoms with Gasteiger partial charge in [-0.2, -0.15) is 5.26 Å². The molecule has 2 atom stereocenters. The van der Waals surface area contributed by atoms with Crippen LogP contribution in [0, 0.1) is 11.3 Å². The van der Waals surface area contributed by atoms with E-state index in [1.165, 1.54) is 0 Å². The molecule has 0 spiro atoms. The maximum absolute atomic E-state index is 12.1. The second-order valence-electron chi connectivity index (χ2n) is 5.31. The fraction of sp³-hybridized carbons (Fsp3) is 0.857. The van der Waals surface area contributed by atoms with Gasteiger partial charge < -0.3 is 9.64 Å². The summed E-state index contributed by atoms with van der Waals surface area (Å²) in [7, 11) is 0. The number of carbonyl (C=O) groups excluding carboxylic acids is 1. The Morgan fingerprint density at radius 2 is 2.16 bits per heavy atom. The van der Waals surface area contributed by atoms with Crippen LogP contribution in [0.3, 0.4) is 0 Å². The summed E-state index contributed by atoms with van der Waals surface area (Å²) >= 11 is 0. The van der Waals surface area contributed by atoms with E-state index in [1.54, 1.807) is 0 Å². The Bertz CT molecular complexity index is 339. The predicted octanol–water partition coefficient (Wildman–Crippen LogP) is 1.00. The molecule has 2 saturated heterocycles. The molecule has 2 aliphatic heterocycles. The van der Waals surface area contributed by atoms with E-state index in [-0.39, 0.29) is 18.1 Å². The summed E-state index contributed by atoms with van der Waals surface area (Å²) in [4.78, 5) is 16.2. The maximum Gasteiger partial charge on any atom is 0.225 e. The van der Waals surface area contributed by atoms with Gasteiger partial charge in [-0.1, -0.05) is 6.92 Å². The molecular formula is C14H23N3O2. The lowest BCUT2D eigenvalue weighted by atomic mass is 10.1. The molecule has 5 nitrogen and oxygen atoms in total. The van der Waals surface area contributed by atoms with Gasteiger partial charge in [-0.25, -0.2) is 0 Å². The SMILES string of the molecule is CCC(C#N)N1CCN(C(=O)CC2CCCO2)CC1. The Kier molecular flexibility index (Phi) is 5.17. The monoisotopic (exact) mass is 265 g/mol. The van der Waals surface area contributed by atoms with Crippen molar-refractivity contribution in [1.29, 1.82) is 5.26 Å². The van der Waals surface area contributed by atoms with E-state index in [0.717, 1.165) is 52.0 Å². The van der Waals surface area contributed by atoms with E-state index in [2.05, 4.69) is 11.0 Å². The lowest BCUT2D eigenvalue weighted by molar-refractivity contribution is -0.135. The summed E-state index contributed by atoms with van der Waals surface area (Å²) < 4.78 is 5.51. The molecule has 0 radical (unpaired) electrons. The molecule has 2 unspecified atom stereocenters. The van der Waals surface area contributed by atoms with Crippen molar-refractivity contribution in [2.45, 2.75) is 44.8 Å². The number of nitriles is 1. The van der Waals surface area contributed by atoms with E-state index in [0.29, 0.717) is 6.42 Å². The first-order chi connectivity index (χ1) is 9.24. The fourth-order valence-corrected chi connectivity index (χ4v) is 2.84. The van der Waals surface area contributed by atoms with Crippen LogP contribution < -0.4 is 0 Å². The summed E-state index contributed by atoms with van der Waals surface area (Å²) in [5.74, 6) is 0.205. The fourth-order valence-electron chi connectivity index (χ4n) is 2.84. The summed E-state index contributed by atoms with van der Waals surface area (Å²) in [5, 5.41) is 9.05. The Balaban J connectivity index is 1.76. The third kappa shape index (κ3) is 3.68. The van der Waals surface area contributed by atoms with Gasteiger partial charge >= 0.3 is 0 Å². The van der Waals surface area contributed by atoms with Crippen LogP contribution in [0.2, 0.25) is 0 Å². The minimum atomic E-state index is -0.00424. The average Bonchev–Trinajstić information content (AvgIpc) is 2.94. The van der Waals surface area contributed by atoms with Gasteiger partial charge in [0.05, 0.1) is 24.6 Å². The number of rotatable bonds is 4. The smallest absolute Gasteiger partial charge is 0.225 e. The first kappa shape index (κ1) is 14.3. The Morgan fingerprint density at radius 3 is 2.68 bits per heavy atom. The van der Waals surface area contributed by atoms with E-state index in [1.807, 2.05) is 11.8 Å². The number of amides is 1. The van der Waals surface area contributed by atoms with E-state index in [9.17, 15) is 4.79 Å². The van der Waals surface area contributed by atoms with Gasteiger partial charge in [0.2, 0.25) is 5.91 Å². The van der Waals surface area contributed by atoms with Crippen molar-refractivity contribution >= 4 is 5.91 Å². The molecule has 5 heteroatoms. The Labute approximate surface area is 115 Å². The number of hydrogen-bond acceptors (Lipinski definition) is 4. The summed E-state index contributed by atoms with van der Waals surface area (Å²) in [6.07, 6.45) is 3.59. The number of ether oxygens (including phenoxy) is 1. The molecule has 2 heterocycles. The first-order valence-electron chi connectivity index (χ1n) is 7.27. The van der Waals surface area contributed by atoms with Crippen LogP contribution in [0.1, 0.15) is 32.6 Å². The highest BCUT2D eigenvalue weighted by atomic mass is 16.5. The molecule has 106 valence electrons. The van der Waals surface area contributed by atoms with Crippen LogP contribution in [0.5, 0.6) is 0 Å². The van der Waals surface area contributed by atoms with Crippen LogP contribution >= 0.6 is 0 Å². The quantitative estimate of drug-likeness (QED) is 0.761. The van der Waals surface area contributed by atoms with E-state index < -0.39 is 0 Å². The lowest BCUT2D eigenvalue weighted by Gasteiger charge is -2.37. The van der Waals surface area contributed by atoms with Crippen LogP contribution in [-0.4, -0.2) is 60.6 Å². The molecule has 0 aromatic rings. The third-order valence-electron chi connectivity index (χ3n) is 4.07. The Morgan fingerprint density at radius 1 is 1.42 bits per heavy atom. The molecule has 0 bridgehead atoms. The first-order valence-corrected chi connectivity index (χ1v) is 7.27. The van der Waals surface area contributed by atoms with Crippen molar-refractivity contribution in [1.82, 2.24) is 9.80 Å². The second kappa shape index (κ2) is 6.88. The van der Waals surface area contributed by atoms with Gasteiger partial charge in [0.25, 0.3) is 0 Å². The normalized spacial score (nSPS) is 26.1. The zero-order valence-electron chi connectivity index (χ0n) is 11.7. The molecule has 0 aromatic heterocycles. The molecule has 19 heavy (non-hydrogen) atoms. The highest BCUT2D eigenvalue weighted by Crippen LogP contribution is 2.17. The van der Waals surface area contributed by atoms with E-state index >= 15 is 0 Å². The average molecular weight is 265 g/mol. The van der Waals surface area contributed by atoms with Gasteiger partial charge in [-0.05, 0) is 19.3 Å². The van der Waals surface area contributed by atoms with Crippen LogP contribution in [0.15, 0.2) is 0 Å². The van der Waals surface area contributed by atoms with Crippen molar-refractivity contribution in [2.24, 2.45) is 0 Å². The highest BCUT2D eigenvalue weighted by molar-refractivity contribution is 5.76. The van der Waals surface area contributed by atoms with Crippen molar-refractivity contribution in [3.8, 4) is 6.07 Å².